The molecule has 0 amide bonds. The molecule has 10 N–H and O–H groups in total. The number of aldehydes is 1. The summed E-state index contributed by atoms with van der Waals surface area (Å²) in [7, 11) is 7.83. The summed E-state index contributed by atoms with van der Waals surface area (Å²) < 4.78 is 56.5. The van der Waals surface area contributed by atoms with E-state index in [1.54, 1.807) is 61.3 Å². The summed E-state index contributed by atoms with van der Waals surface area (Å²) in [5.41, 5.74) is 27.2. The van der Waals surface area contributed by atoms with Crippen molar-refractivity contribution in [3.8, 4) is 23.0 Å². The number of aromatic nitrogens is 5. The first-order valence-electron chi connectivity index (χ1n) is 26.8. The van der Waals surface area contributed by atoms with Crippen molar-refractivity contribution in [3.63, 3.8) is 0 Å². The van der Waals surface area contributed by atoms with Crippen LogP contribution < -0.4 is 47.2 Å². The Kier molecular flexibility index (Phi) is 44.4. The molecule has 0 spiro atoms. The number of nitrogens with one attached hydrogen (secondary N) is 1. The Labute approximate surface area is 574 Å². The molecular weight excluding hydrogens is 1380 g/mol. The van der Waals surface area contributed by atoms with Gasteiger partial charge in [0.15, 0.2) is 6.29 Å². The Balaban J connectivity index is 0.00000109. The summed E-state index contributed by atoms with van der Waals surface area (Å²) in [6.45, 7) is 10.9. The second kappa shape index (κ2) is 48.6. The van der Waals surface area contributed by atoms with Gasteiger partial charge in [-0.05, 0) is 75.2 Å². The van der Waals surface area contributed by atoms with Gasteiger partial charge >= 0.3 is 46.4 Å². The molecular formula is C60H72Cl6MnN10O16. The Hall–Kier alpha value is -8.08. The number of carbonyl (C=O) groups is 5. The average Bonchev–Trinajstić information content (AvgIpc) is 1.11. The van der Waals surface area contributed by atoms with Crippen molar-refractivity contribution in [3.05, 3.63) is 167 Å². The first-order chi connectivity index (χ1) is 44.2. The topological polar surface area (TPSA) is 394 Å². The fraction of sp³-hybridized carbons (Fsp3) is 0.300. The van der Waals surface area contributed by atoms with Crippen molar-refractivity contribution in [1.82, 2.24) is 24.9 Å². The third kappa shape index (κ3) is 33.9. The first kappa shape index (κ1) is 84.9. The molecule has 0 aliphatic heterocycles. The van der Waals surface area contributed by atoms with E-state index in [9.17, 15) is 24.0 Å². The number of rotatable bonds is 18. The fourth-order valence-corrected chi connectivity index (χ4v) is 7.42. The molecule has 0 atom stereocenters. The number of nitrogen functional groups attached to an aromatic ring is 3. The Morgan fingerprint density at radius 1 is 0.559 bits per heavy atom. The molecule has 0 unspecified atom stereocenters. The van der Waals surface area contributed by atoms with Gasteiger partial charge in [0.2, 0.25) is 0 Å². The quantitative estimate of drug-likeness (QED) is 0.0153. The second-order valence-corrected chi connectivity index (χ2v) is 20.1. The van der Waals surface area contributed by atoms with Gasteiger partial charge in [0.1, 0.15) is 59.9 Å². The minimum atomic E-state index is -1.44. The standard InChI is InChI=1S/C17H19ClN2O4.C9H13NO2.C8H7Cl2NO2.C8H9ClN2O2.C6H7ClN2O.C6H5ClN2O.C6H12O2.Mn.2O/c1-4-24-17(21)13-10-20-16(18)8-14(13)19-9-11-5-6-12(22-2)7-15(11)23-3;1-11-8-4-3-7(6-10)9(5-8)12-2;1-2-13-8(12)5-4-11-7(10)3-6(5)9;1-2-13-8(12)5-4-11-7(9)3-6(5)10;2*7-6-1-5(8)4(3-10)2-9-6;1-5(2)4-6(7)8-3;;;/h5-8,10H,4,9H2,1-3H3,(H,19,20);3-5H,6,10H2,1-2H3;3-4H,2H2,1H3;3-4H,2H2,1H3,(H2,10,11);1-2,10H,3H2,(H2,8,9);1-3H,(H2,8,9);5H,4H2,1-3H3;;;. The van der Waals surface area contributed by atoms with Crippen molar-refractivity contribution in [2.24, 2.45) is 11.7 Å². The molecule has 0 saturated heterocycles. The van der Waals surface area contributed by atoms with E-state index < -0.39 is 32.7 Å². The number of nitrogens with two attached hydrogens (primary N) is 4. The number of aliphatic hydroxyl groups excluding tert-OH is 1. The van der Waals surface area contributed by atoms with Crippen LogP contribution in [0, 0.1) is 5.92 Å². The molecule has 7 aromatic rings. The summed E-state index contributed by atoms with van der Waals surface area (Å²) >= 11 is 32.3. The van der Waals surface area contributed by atoms with Crippen LogP contribution in [0.3, 0.4) is 0 Å². The van der Waals surface area contributed by atoms with Crippen molar-refractivity contribution >= 4 is 123 Å². The molecule has 2 aromatic carbocycles. The van der Waals surface area contributed by atoms with Crippen molar-refractivity contribution in [2.45, 2.75) is 60.7 Å². The van der Waals surface area contributed by atoms with Crippen LogP contribution in [-0.4, -0.2) is 116 Å². The van der Waals surface area contributed by atoms with Gasteiger partial charge in [-0.2, -0.15) is 0 Å². The summed E-state index contributed by atoms with van der Waals surface area (Å²) in [5.74, 6) is 1.80. The number of ether oxygens (including phenoxy) is 8. The molecule has 5 heterocycles. The van der Waals surface area contributed by atoms with Gasteiger partial charge in [-0.15, -0.1) is 0 Å². The van der Waals surface area contributed by atoms with Crippen LogP contribution in [0.25, 0.3) is 0 Å². The zero-order chi connectivity index (χ0) is 70.6. The Morgan fingerprint density at radius 2 is 0.978 bits per heavy atom. The molecule has 7 rings (SSSR count). The van der Waals surface area contributed by atoms with E-state index in [4.69, 9.17) is 138 Å². The molecule has 0 saturated carbocycles. The Morgan fingerprint density at radius 3 is 1.39 bits per heavy atom. The second-order valence-electron chi connectivity index (χ2n) is 17.6. The molecule has 0 radical (unpaired) electrons. The van der Waals surface area contributed by atoms with Gasteiger partial charge in [-0.25, -0.2) is 39.3 Å². The zero-order valence-corrected chi connectivity index (χ0v) is 57.8. The zero-order valence-electron chi connectivity index (χ0n) is 52.1. The van der Waals surface area contributed by atoms with E-state index >= 15 is 0 Å². The number of nitrogens with zero attached hydrogens (tertiary/aromatic N) is 5. The van der Waals surface area contributed by atoms with E-state index in [0.29, 0.717) is 100 Å². The predicted molar refractivity (Wildman–Crippen MR) is 351 cm³/mol. The van der Waals surface area contributed by atoms with Crippen LogP contribution in [-0.2, 0) is 65.9 Å². The molecule has 26 nitrogen and oxygen atoms in total. The van der Waals surface area contributed by atoms with Crippen LogP contribution >= 0.6 is 69.6 Å². The molecule has 33 heteroatoms. The number of esters is 4. The van der Waals surface area contributed by atoms with Crippen LogP contribution in [0.5, 0.6) is 23.0 Å². The number of benzene rings is 2. The molecule has 0 aliphatic rings. The van der Waals surface area contributed by atoms with Crippen LogP contribution in [0.2, 0.25) is 30.8 Å². The molecule has 0 fully saturated rings. The van der Waals surface area contributed by atoms with Crippen LogP contribution in [0.15, 0.2) is 97.7 Å². The third-order valence-electron chi connectivity index (χ3n) is 10.8. The van der Waals surface area contributed by atoms with E-state index in [-0.39, 0.29) is 56.5 Å². The van der Waals surface area contributed by atoms with Crippen molar-refractivity contribution in [2.75, 3.05) is 77.9 Å². The van der Waals surface area contributed by atoms with Crippen molar-refractivity contribution < 1.29 is 89.5 Å². The van der Waals surface area contributed by atoms with E-state index in [2.05, 4.69) is 35.0 Å². The van der Waals surface area contributed by atoms with Crippen LogP contribution in [0.4, 0.5) is 22.7 Å². The van der Waals surface area contributed by atoms with Gasteiger partial charge in [0.05, 0.1) is 89.5 Å². The van der Waals surface area contributed by atoms with E-state index in [1.807, 2.05) is 44.2 Å². The average molecular weight is 1460 g/mol. The van der Waals surface area contributed by atoms with Gasteiger partial charge < -0.3 is 71.3 Å². The van der Waals surface area contributed by atoms with Crippen molar-refractivity contribution in [1.29, 1.82) is 0 Å². The number of pyridine rings is 5. The summed E-state index contributed by atoms with van der Waals surface area (Å²) in [4.78, 5) is 73.8. The number of hydrogen-bond donors (Lipinski definition) is 6. The first-order valence-corrected chi connectivity index (χ1v) is 30.1. The number of anilines is 4. The van der Waals surface area contributed by atoms with E-state index in [0.717, 1.165) is 22.6 Å². The number of methoxy groups -OCH3 is 5. The maximum absolute atomic E-state index is 12.0. The maximum atomic E-state index is 12.0. The Bertz CT molecular complexity index is 3440. The molecule has 5 aromatic heterocycles. The fourth-order valence-electron chi connectivity index (χ4n) is 6.32. The number of hydrogen-bond acceptors (Lipinski definition) is 26. The molecule has 0 aliphatic carbocycles. The van der Waals surface area contributed by atoms with Gasteiger partial charge in [0, 0.05) is 90.7 Å². The monoisotopic (exact) mass is 1450 g/mol. The molecule has 507 valence electrons. The summed E-state index contributed by atoms with van der Waals surface area (Å²) in [5, 5.41) is 13.5. The number of halogens is 6. The van der Waals surface area contributed by atoms with Gasteiger partial charge in [-0.3, -0.25) is 9.59 Å². The van der Waals surface area contributed by atoms with Gasteiger partial charge in [0.25, 0.3) is 0 Å². The number of carbonyl (C=O) groups excluding carboxylic acids is 5. The summed E-state index contributed by atoms with van der Waals surface area (Å²) in [6, 6.07) is 18.4. The third-order valence-corrected chi connectivity index (χ3v) is 12.1. The summed E-state index contributed by atoms with van der Waals surface area (Å²) in [6.07, 6.45) is 7.95. The van der Waals surface area contributed by atoms with Crippen LogP contribution in [0.1, 0.15) is 99.2 Å². The molecule has 0 bridgehead atoms. The predicted octanol–water partition coefficient (Wildman–Crippen LogP) is 11.7. The SMILES string of the molecule is CCOC(=O)c1cnc(Cl)cc1Cl.CCOC(=O)c1cnc(Cl)cc1N.CCOC(=O)c1cnc(Cl)cc1NCc1ccc(OC)cc1OC.COC(=O)CC(C)C.COc1ccc(CN)c(OC)c1.Nc1cc(Cl)ncc1C=O.Nc1cc(Cl)ncc1CO.[O]=[Mn]=[O]. The molecule has 93 heavy (non-hydrogen) atoms. The number of aliphatic hydroxyl groups is 1. The van der Waals surface area contributed by atoms with E-state index in [1.165, 1.54) is 62.4 Å². The normalized spacial score (nSPS) is 9.58. The minimum absolute atomic E-state index is 0.101. The van der Waals surface area contributed by atoms with Gasteiger partial charge in [-0.1, -0.05) is 89.5 Å².